The van der Waals surface area contributed by atoms with Gasteiger partial charge in [0.05, 0.1) is 17.7 Å². The number of fused-ring (bicyclic) bond motifs is 1. The Morgan fingerprint density at radius 3 is 2.39 bits per heavy atom. The molecule has 0 radical (unpaired) electrons. The van der Waals surface area contributed by atoms with Gasteiger partial charge in [0.15, 0.2) is 0 Å². The van der Waals surface area contributed by atoms with E-state index in [9.17, 15) is 14.4 Å². The second-order valence-corrected chi connectivity index (χ2v) is 7.16. The Bertz CT molecular complexity index is 936. The molecule has 0 unspecified atom stereocenters. The van der Waals surface area contributed by atoms with E-state index >= 15 is 0 Å². The molecule has 31 heavy (non-hydrogen) atoms. The number of halogens is 2. The number of rotatable bonds is 6. The molecule has 0 bridgehead atoms. The first-order valence-corrected chi connectivity index (χ1v) is 9.74. The highest BCUT2D eigenvalue weighted by atomic mass is 35.5. The summed E-state index contributed by atoms with van der Waals surface area (Å²) in [6.45, 7) is 5.38. The standard InChI is InChI=1S/C21H23N5O3.2ClH/c27-19(24-9-12-25-10-7-23-8-11-25)16-1-2-17-18(13-16)21(29)26(20(17)28)14-15-3-5-22-6-4-15;;/h1-6,13,23H,7-12,14H2,(H,24,27);2*1H. The van der Waals surface area contributed by atoms with Crippen molar-refractivity contribution in [1.82, 2.24) is 25.4 Å². The maximum Gasteiger partial charge on any atom is 0.261 e. The number of benzene rings is 1. The van der Waals surface area contributed by atoms with Gasteiger partial charge in [-0.05, 0) is 35.9 Å². The van der Waals surface area contributed by atoms with E-state index < -0.39 is 0 Å². The maximum atomic E-state index is 12.8. The van der Waals surface area contributed by atoms with Crippen LogP contribution in [0.2, 0.25) is 0 Å². The SMILES string of the molecule is Cl.Cl.O=C(NCCN1CCNCC1)c1ccc2c(c1)C(=O)N(Cc1ccncc1)C2=O. The van der Waals surface area contributed by atoms with Gasteiger partial charge in [-0.2, -0.15) is 0 Å². The summed E-state index contributed by atoms with van der Waals surface area (Å²) in [7, 11) is 0. The third-order valence-corrected chi connectivity index (χ3v) is 5.25. The molecule has 10 heteroatoms. The van der Waals surface area contributed by atoms with Crippen LogP contribution in [-0.4, -0.2) is 71.8 Å². The van der Waals surface area contributed by atoms with Crippen molar-refractivity contribution in [3.8, 4) is 0 Å². The molecule has 1 fully saturated rings. The Balaban J connectivity index is 0.00000171. The fourth-order valence-electron chi connectivity index (χ4n) is 3.61. The molecular formula is C21H25Cl2N5O3. The van der Waals surface area contributed by atoms with E-state index in [-0.39, 0.29) is 54.6 Å². The van der Waals surface area contributed by atoms with E-state index in [0.717, 1.165) is 38.3 Å². The van der Waals surface area contributed by atoms with Gasteiger partial charge in [-0.1, -0.05) is 0 Å². The van der Waals surface area contributed by atoms with E-state index in [1.54, 1.807) is 36.7 Å². The zero-order valence-corrected chi connectivity index (χ0v) is 18.5. The minimum absolute atomic E-state index is 0. The largest absolute Gasteiger partial charge is 0.351 e. The van der Waals surface area contributed by atoms with Crippen molar-refractivity contribution in [2.45, 2.75) is 6.54 Å². The van der Waals surface area contributed by atoms with Gasteiger partial charge >= 0.3 is 0 Å². The van der Waals surface area contributed by atoms with Gasteiger partial charge in [0, 0.05) is 57.2 Å². The van der Waals surface area contributed by atoms with Gasteiger partial charge in [0.1, 0.15) is 0 Å². The van der Waals surface area contributed by atoms with Crippen molar-refractivity contribution in [3.63, 3.8) is 0 Å². The third-order valence-electron chi connectivity index (χ3n) is 5.25. The lowest BCUT2D eigenvalue weighted by atomic mass is 10.1. The molecule has 2 aliphatic rings. The lowest BCUT2D eigenvalue weighted by Gasteiger charge is -2.27. The van der Waals surface area contributed by atoms with Crippen LogP contribution in [0.3, 0.4) is 0 Å². The molecule has 1 aromatic heterocycles. The zero-order chi connectivity index (χ0) is 20.2. The van der Waals surface area contributed by atoms with Crippen molar-refractivity contribution in [1.29, 1.82) is 0 Å². The normalized spacial score (nSPS) is 15.7. The Morgan fingerprint density at radius 2 is 1.68 bits per heavy atom. The van der Waals surface area contributed by atoms with Crippen molar-refractivity contribution < 1.29 is 14.4 Å². The Morgan fingerprint density at radius 1 is 1.00 bits per heavy atom. The van der Waals surface area contributed by atoms with E-state index in [1.165, 1.54) is 11.0 Å². The van der Waals surface area contributed by atoms with Crippen LogP contribution in [0, 0.1) is 0 Å². The van der Waals surface area contributed by atoms with Crippen LogP contribution in [0.25, 0.3) is 0 Å². The average Bonchev–Trinajstić information content (AvgIpc) is 2.99. The van der Waals surface area contributed by atoms with E-state index in [4.69, 9.17) is 0 Å². The van der Waals surface area contributed by atoms with Crippen LogP contribution in [0.1, 0.15) is 36.6 Å². The first-order valence-electron chi connectivity index (χ1n) is 9.74. The molecule has 0 aliphatic carbocycles. The fourth-order valence-corrected chi connectivity index (χ4v) is 3.61. The summed E-state index contributed by atoms with van der Waals surface area (Å²) in [6.07, 6.45) is 3.24. The number of nitrogens with zero attached hydrogens (tertiary/aromatic N) is 3. The Hall–Kier alpha value is -2.52. The second kappa shape index (κ2) is 11.2. The molecular weight excluding hydrogens is 441 g/mol. The molecule has 166 valence electrons. The van der Waals surface area contributed by atoms with E-state index in [0.29, 0.717) is 17.7 Å². The predicted octanol–water partition coefficient (Wildman–Crippen LogP) is 1.36. The van der Waals surface area contributed by atoms with Gasteiger partial charge in [0.2, 0.25) is 0 Å². The molecule has 1 aromatic carbocycles. The van der Waals surface area contributed by atoms with Gasteiger partial charge in [0.25, 0.3) is 17.7 Å². The summed E-state index contributed by atoms with van der Waals surface area (Å²) in [6, 6.07) is 8.21. The summed E-state index contributed by atoms with van der Waals surface area (Å²) >= 11 is 0. The highest BCUT2D eigenvalue weighted by Gasteiger charge is 2.36. The molecule has 2 N–H and O–H groups in total. The number of carbonyl (C=O) groups is 3. The lowest BCUT2D eigenvalue weighted by molar-refractivity contribution is 0.0642. The highest BCUT2D eigenvalue weighted by molar-refractivity contribution is 6.22. The quantitative estimate of drug-likeness (QED) is 0.625. The summed E-state index contributed by atoms with van der Waals surface area (Å²) in [4.78, 5) is 45.3. The highest BCUT2D eigenvalue weighted by Crippen LogP contribution is 2.25. The third kappa shape index (κ3) is 5.59. The molecule has 0 saturated carbocycles. The zero-order valence-electron chi connectivity index (χ0n) is 16.9. The molecule has 1 saturated heterocycles. The number of piperazine rings is 1. The lowest BCUT2D eigenvalue weighted by Crippen LogP contribution is -2.46. The topological polar surface area (TPSA) is 94.6 Å². The molecule has 3 amide bonds. The number of imide groups is 1. The molecule has 2 aromatic rings. The van der Waals surface area contributed by atoms with Crippen LogP contribution in [0.15, 0.2) is 42.7 Å². The molecule has 3 heterocycles. The second-order valence-electron chi connectivity index (χ2n) is 7.16. The average molecular weight is 466 g/mol. The number of carbonyl (C=O) groups excluding carboxylic acids is 3. The van der Waals surface area contributed by atoms with Crippen molar-refractivity contribution >= 4 is 42.5 Å². The van der Waals surface area contributed by atoms with Gasteiger partial charge in [-0.3, -0.25) is 29.2 Å². The van der Waals surface area contributed by atoms with Crippen LogP contribution >= 0.6 is 24.8 Å². The number of hydrogen-bond donors (Lipinski definition) is 2. The number of pyridine rings is 1. The first-order chi connectivity index (χ1) is 14.1. The number of amides is 3. The summed E-state index contributed by atoms with van der Waals surface area (Å²) in [5.41, 5.74) is 1.82. The minimum Gasteiger partial charge on any atom is -0.351 e. The van der Waals surface area contributed by atoms with Gasteiger partial charge in [-0.25, -0.2) is 0 Å². The fraction of sp³-hybridized carbons (Fsp3) is 0.333. The Kier molecular flexibility index (Phi) is 8.94. The first kappa shape index (κ1) is 24.7. The summed E-state index contributed by atoms with van der Waals surface area (Å²) in [5, 5.41) is 6.19. The van der Waals surface area contributed by atoms with Crippen molar-refractivity contribution in [2.75, 3.05) is 39.3 Å². The summed E-state index contributed by atoms with van der Waals surface area (Å²) in [5.74, 6) is -0.958. The predicted molar refractivity (Wildman–Crippen MR) is 121 cm³/mol. The molecule has 0 atom stereocenters. The monoisotopic (exact) mass is 465 g/mol. The summed E-state index contributed by atoms with van der Waals surface area (Å²) < 4.78 is 0. The van der Waals surface area contributed by atoms with Crippen LogP contribution in [0.4, 0.5) is 0 Å². The molecule has 2 aliphatic heterocycles. The van der Waals surface area contributed by atoms with E-state index in [2.05, 4.69) is 20.5 Å². The van der Waals surface area contributed by atoms with Crippen LogP contribution in [0.5, 0.6) is 0 Å². The number of hydrogen-bond acceptors (Lipinski definition) is 6. The van der Waals surface area contributed by atoms with E-state index in [1.807, 2.05) is 0 Å². The maximum absolute atomic E-state index is 12.8. The van der Waals surface area contributed by atoms with Crippen LogP contribution < -0.4 is 10.6 Å². The number of aromatic nitrogens is 1. The van der Waals surface area contributed by atoms with Gasteiger partial charge in [-0.15, -0.1) is 24.8 Å². The minimum atomic E-state index is -0.378. The van der Waals surface area contributed by atoms with Crippen LogP contribution in [-0.2, 0) is 6.54 Å². The molecule has 4 rings (SSSR count). The molecule has 0 spiro atoms. The Labute approximate surface area is 193 Å². The number of nitrogens with one attached hydrogen (secondary N) is 2. The molecule has 8 nitrogen and oxygen atoms in total. The van der Waals surface area contributed by atoms with Crippen molar-refractivity contribution in [3.05, 3.63) is 65.0 Å². The smallest absolute Gasteiger partial charge is 0.261 e. The van der Waals surface area contributed by atoms with Gasteiger partial charge < -0.3 is 10.6 Å². The van der Waals surface area contributed by atoms with Crippen molar-refractivity contribution in [2.24, 2.45) is 0 Å².